The second-order valence-electron chi connectivity index (χ2n) is 3.08. The van der Waals surface area contributed by atoms with Gasteiger partial charge in [0, 0.05) is 0 Å². The predicted molar refractivity (Wildman–Crippen MR) is 38.9 cm³/mol. The van der Waals surface area contributed by atoms with Gasteiger partial charge in [0.1, 0.15) is 0 Å². The van der Waals surface area contributed by atoms with Crippen molar-refractivity contribution in [2.75, 3.05) is 6.61 Å². The van der Waals surface area contributed by atoms with Gasteiger partial charge in [-0.05, 0) is 19.8 Å². The zero-order valence-electron chi connectivity index (χ0n) is 7.23. The lowest BCUT2D eigenvalue weighted by Gasteiger charge is -2.35. The van der Waals surface area contributed by atoms with Crippen molar-refractivity contribution >= 4 is 5.97 Å². The summed E-state index contributed by atoms with van der Waals surface area (Å²) in [5.74, 6) is -3.15. The number of carbonyl (C=O) groups excluding carboxylic acids is 1. The lowest BCUT2D eigenvalue weighted by Crippen LogP contribution is -2.43. The monoisotopic (exact) mass is 196 g/mol. The van der Waals surface area contributed by atoms with Gasteiger partial charge in [-0.2, -0.15) is 13.2 Å². The van der Waals surface area contributed by atoms with Crippen LogP contribution in [0.25, 0.3) is 0 Å². The second kappa shape index (κ2) is 3.55. The topological polar surface area (TPSA) is 26.3 Å². The van der Waals surface area contributed by atoms with Crippen LogP contribution in [0.5, 0.6) is 0 Å². The Morgan fingerprint density at radius 1 is 1.46 bits per heavy atom. The third-order valence-electron chi connectivity index (χ3n) is 2.28. The molecule has 2 unspecified atom stereocenters. The minimum Gasteiger partial charge on any atom is -0.466 e. The number of halogens is 3. The van der Waals surface area contributed by atoms with Gasteiger partial charge in [0.05, 0.1) is 18.4 Å². The molecule has 0 bridgehead atoms. The molecule has 0 saturated heterocycles. The third-order valence-corrected chi connectivity index (χ3v) is 2.28. The van der Waals surface area contributed by atoms with Crippen molar-refractivity contribution < 1.29 is 22.7 Å². The molecule has 0 aromatic heterocycles. The molecule has 13 heavy (non-hydrogen) atoms. The summed E-state index contributed by atoms with van der Waals surface area (Å²) in [6.07, 6.45) is -3.91. The molecular formula is C8H11F3O2. The minimum atomic E-state index is -4.25. The summed E-state index contributed by atoms with van der Waals surface area (Å²) in [5.41, 5.74) is 0. The molecule has 76 valence electrons. The van der Waals surface area contributed by atoms with Gasteiger partial charge in [-0.25, -0.2) is 0 Å². The fourth-order valence-corrected chi connectivity index (χ4v) is 1.42. The van der Waals surface area contributed by atoms with E-state index in [2.05, 4.69) is 4.74 Å². The molecule has 2 atom stereocenters. The molecule has 5 heteroatoms. The summed E-state index contributed by atoms with van der Waals surface area (Å²) in [6, 6.07) is 0. The molecule has 0 aromatic carbocycles. The molecule has 0 spiro atoms. The van der Waals surface area contributed by atoms with Crippen LogP contribution in [0.4, 0.5) is 13.2 Å². The summed E-state index contributed by atoms with van der Waals surface area (Å²) >= 11 is 0. The van der Waals surface area contributed by atoms with E-state index in [-0.39, 0.29) is 13.0 Å². The maximum absolute atomic E-state index is 12.1. The number of rotatable bonds is 2. The fourth-order valence-electron chi connectivity index (χ4n) is 1.42. The van der Waals surface area contributed by atoms with Crippen molar-refractivity contribution in [1.82, 2.24) is 0 Å². The highest BCUT2D eigenvalue weighted by atomic mass is 19.4. The van der Waals surface area contributed by atoms with Crippen molar-refractivity contribution in [2.45, 2.75) is 25.9 Å². The Labute approximate surface area is 74.1 Å². The Balaban J connectivity index is 2.50. The average molecular weight is 196 g/mol. The molecule has 1 aliphatic carbocycles. The van der Waals surface area contributed by atoms with Crippen LogP contribution in [0.3, 0.4) is 0 Å². The highest BCUT2D eigenvalue weighted by Crippen LogP contribution is 2.45. The van der Waals surface area contributed by atoms with E-state index in [1.54, 1.807) is 6.92 Å². The van der Waals surface area contributed by atoms with Crippen LogP contribution < -0.4 is 0 Å². The van der Waals surface area contributed by atoms with Crippen LogP contribution in [0.15, 0.2) is 0 Å². The molecule has 0 aromatic rings. The van der Waals surface area contributed by atoms with Gasteiger partial charge in [0.25, 0.3) is 0 Å². The zero-order chi connectivity index (χ0) is 10.1. The molecule has 1 rings (SSSR count). The molecule has 0 radical (unpaired) electrons. The van der Waals surface area contributed by atoms with Crippen LogP contribution in [-0.4, -0.2) is 18.8 Å². The SMILES string of the molecule is CCOC(=O)C1CCC1C(F)(F)F. The van der Waals surface area contributed by atoms with Crippen LogP contribution >= 0.6 is 0 Å². The first-order valence-electron chi connectivity index (χ1n) is 4.20. The van der Waals surface area contributed by atoms with E-state index in [0.29, 0.717) is 6.42 Å². The number of hydrogen-bond donors (Lipinski definition) is 0. The summed E-state index contributed by atoms with van der Waals surface area (Å²) in [6.45, 7) is 1.72. The van der Waals surface area contributed by atoms with Crippen LogP contribution in [0.2, 0.25) is 0 Å². The normalized spacial score (nSPS) is 28.0. The van der Waals surface area contributed by atoms with Crippen molar-refractivity contribution in [3.05, 3.63) is 0 Å². The Bertz CT molecular complexity index is 200. The zero-order valence-corrected chi connectivity index (χ0v) is 7.23. The van der Waals surface area contributed by atoms with Crippen molar-refractivity contribution in [2.24, 2.45) is 11.8 Å². The van der Waals surface area contributed by atoms with Crippen molar-refractivity contribution in [3.8, 4) is 0 Å². The highest BCUT2D eigenvalue weighted by molar-refractivity contribution is 5.73. The number of carbonyl (C=O) groups is 1. The van der Waals surface area contributed by atoms with Gasteiger partial charge in [-0.1, -0.05) is 0 Å². The number of esters is 1. The van der Waals surface area contributed by atoms with Gasteiger partial charge >= 0.3 is 12.1 Å². The van der Waals surface area contributed by atoms with E-state index in [4.69, 9.17) is 0 Å². The van der Waals surface area contributed by atoms with Gasteiger partial charge in [-0.15, -0.1) is 0 Å². The predicted octanol–water partition coefficient (Wildman–Crippen LogP) is 2.14. The van der Waals surface area contributed by atoms with Crippen molar-refractivity contribution in [1.29, 1.82) is 0 Å². The van der Waals surface area contributed by atoms with Gasteiger partial charge in [-0.3, -0.25) is 4.79 Å². The lowest BCUT2D eigenvalue weighted by atomic mass is 9.73. The second-order valence-corrected chi connectivity index (χ2v) is 3.08. The summed E-state index contributed by atoms with van der Waals surface area (Å²) in [5, 5.41) is 0. The van der Waals surface area contributed by atoms with E-state index < -0.39 is 24.0 Å². The molecule has 1 aliphatic rings. The summed E-state index contributed by atoms with van der Waals surface area (Å²) in [4.78, 5) is 11.0. The fraction of sp³-hybridized carbons (Fsp3) is 0.875. The molecule has 0 heterocycles. The lowest BCUT2D eigenvalue weighted by molar-refractivity contribution is -0.220. The van der Waals surface area contributed by atoms with E-state index >= 15 is 0 Å². The van der Waals surface area contributed by atoms with E-state index in [1.165, 1.54) is 0 Å². The highest BCUT2D eigenvalue weighted by Gasteiger charge is 2.53. The van der Waals surface area contributed by atoms with Gasteiger partial charge in [0.2, 0.25) is 0 Å². The maximum atomic E-state index is 12.1. The van der Waals surface area contributed by atoms with Crippen LogP contribution in [0.1, 0.15) is 19.8 Å². The van der Waals surface area contributed by atoms with E-state index in [1.807, 2.05) is 0 Å². The van der Waals surface area contributed by atoms with E-state index in [9.17, 15) is 18.0 Å². The van der Waals surface area contributed by atoms with Crippen LogP contribution in [0, 0.1) is 11.8 Å². The number of hydrogen-bond acceptors (Lipinski definition) is 2. The molecule has 1 fully saturated rings. The van der Waals surface area contributed by atoms with Gasteiger partial charge < -0.3 is 4.74 Å². The Morgan fingerprint density at radius 3 is 2.38 bits per heavy atom. The third kappa shape index (κ3) is 2.14. The number of ether oxygens (including phenoxy) is 1. The van der Waals surface area contributed by atoms with Gasteiger partial charge in [0.15, 0.2) is 0 Å². The molecule has 0 amide bonds. The maximum Gasteiger partial charge on any atom is 0.392 e. The molecule has 0 N–H and O–H groups in total. The summed E-state index contributed by atoms with van der Waals surface area (Å²) < 4.78 is 41.0. The molecule has 0 aliphatic heterocycles. The first kappa shape index (κ1) is 10.3. The summed E-state index contributed by atoms with van der Waals surface area (Å²) in [7, 11) is 0. The first-order valence-corrected chi connectivity index (χ1v) is 4.20. The Morgan fingerprint density at radius 2 is 2.08 bits per heavy atom. The van der Waals surface area contributed by atoms with E-state index in [0.717, 1.165) is 0 Å². The minimum absolute atomic E-state index is 0.0486. The molecular weight excluding hydrogens is 185 g/mol. The quantitative estimate of drug-likeness (QED) is 0.632. The Hall–Kier alpha value is -0.740. The smallest absolute Gasteiger partial charge is 0.392 e. The van der Waals surface area contributed by atoms with Crippen LogP contribution in [-0.2, 0) is 9.53 Å². The molecule has 2 nitrogen and oxygen atoms in total. The standard InChI is InChI=1S/C8H11F3O2/c1-2-13-7(12)5-3-4-6(5)8(9,10)11/h5-6H,2-4H2,1H3. The first-order chi connectivity index (χ1) is 5.96. The average Bonchev–Trinajstić information content (AvgIpc) is 1.79. The largest absolute Gasteiger partial charge is 0.466 e. The Kier molecular flexibility index (Phi) is 2.83. The van der Waals surface area contributed by atoms with Crippen molar-refractivity contribution in [3.63, 3.8) is 0 Å². The number of alkyl halides is 3. The molecule has 1 saturated carbocycles.